The number of aliphatic hydroxyl groups is 1. The number of hydrogen-bond donors (Lipinski definition) is 1. The highest BCUT2D eigenvalue weighted by Gasteiger charge is 2.64. The first-order valence-corrected chi connectivity index (χ1v) is 7.27. The molecule has 4 aliphatic carbocycles. The van der Waals surface area contributed by atoms with Gasteiger partial charge in [-0.25, -0.2) is 4.79 Å². The molecule has 4 fully saturated rings. The Labute approximate surface area is 115 Å². The van der Waals surface area contributed by atoms with Crippen molar-refractivity contribution in [2.45, 2.75) is 47.2 Å². The zero-order valence-electron chi connectivity index (χ0n) is 9.69. The van der Waals surface area contributed by atoms with Crippen LogP contribution in [0.5, 0.6) is 0 Å². The number of hydrogen-bond acceptors (Lipinski definition) is 3. The van der Waals surface area contributed by atoms with Crippen molar-refractivity contribution in [3.63, 3.8) is 0 Å². The molecule has 0 aromatic heterocycles. The van der Waals surface area contributed by atoms with E-state index >= 15 is 0 Å². The predicted molar refractivity (Wildman–Crippen MR) is 71.8 cm³/mol. The quantitative estimate of drug-likeness (QED) is 0.360. The number of carbonyl (C=O) groups is 1. The average molecular weight is 348 g/mol. The molecular weight excluding hydrogens is 331 g/mol. The van der Waals surface area contributed by atoms with Gasteiger partial charge in [-0.2, -0.15) is 0 Å². The van der Waals surface area contributed by atoms with E-state index in [-0.39, 0.29) is 9.53 Å². The molecule has 0 radical (unpaired) electrons. The van der Waals surface area contributed by atoms with E-state index in [1.54, 1.807) is 0 Å². The lowest BCUT2D eigenvalue weighted by Gasteiger charge is -2.61. The highest BCUT2D eigenvalue weighted by Crippen LogP contribution is 2.61. The van der Waals surface area contributed by atoms with E-state index in [2.05, 4.69) is 29.2 Å². The van der Waals surface area contributed by atoms with Gasteiger partial charge in [0.05, 0.1) is 3.42 Å². The first kappa shape index (κ1) is 12.0. The molecule has 3 atom stereocenters. The largest absolute Gasteiger partial charge is 0.455 e. The first-order valence-electron chi connectivity index (χ1n) is 6.19. The Kier molecular flexibility index (Phi) is 2.60. The molecular formula is C13H17IO3. The first-order chi connectivity index (χ1) is 7.95. The number of rotatable bonds is 2. The maximum atomic E-state index is 11.4. The van der Waals surface area contributed by atoms with Gasteiger partial charge in [-0.3, -0.25) is 0 Å². The van der Waals surface area contributed by atoms with Crippen molar-refractivity contribution in [1.82, 2.24) is 0 Å². The molecule has 4 saturated carbocycles. The summed E-state index contributed by atoms with van der Waals surface area (Å²) < 4.78 is 5.41. The van der Waals surface area contributed by atoms with Gasteiger partial charge in [-0.1, -0.05) is 29.2 Å². The maximum Gasteiger partial charge on any atom is 0.330 e. The van der Waals surface area contributed by atoms with Crippen molar-refractivity contribution in [3.05, 3.63) is 12.7 Å². The summed E-state index contributed by atoms with van der Waals surface area (Å²) in [6, 6.07) is 0. The molecule has 1 N–H and O–H groups in total. The molecule has 4 heteroatoms. The van der Waals surface area contributed by atoms with Crippen LogP contribution in [-0.4, -0.2) is 26.2 Å². The van der Waals surface area contributed by atoms with Crippen LogP contribution in [0.25, 0.3) is 0 Å². The molecule has 3 nitrogen and oxygen atoms in total. The summed E-state index contributed by atoms with van der Waals surface area (Å²) in [5, 5.41) is 10.8. The van der Waals surface area contributed by atoms with Crippen LogP contribution in [0.2, 0.25) is 0 Å². The molecule has 3 unspecified atom stereocenters. The second-order valence-corrected chi connectivity index (χ2v) is 8.09. The van der Waals surface area contributed by atoms with Gasteiger partial charge in [0.15, 0.2) is 0 Å². The maximum absolute atomic E-state index is 11.4. The molecule has 0 heterocycles. The minimum Gasteiger partial charge on any atom is -0.455 e. The summed E-state index contributed by atoms with van der Waals surface area (Å²) in [6.07, 6.45) is 5.81. The Balaban J connectivity index is 1.91. The van der Waals surface area contributed by atoms with Crippen LogP contribution in [0.3, 0.4) is 0 Å². The molecule has 0 aromatic carbocycles. The minimum atomic E-state index is -0.788. The Morgan fingerprint density at radius 2 is 1.94 bits per heavy atom. The van der Waals surface area contributed by atoms with Crippen LogP contribution < -0.4 is 0 Å². The van der Waals surface area contributed by atoms with E-state index in [0.29, 0.717) is 11.8 Å². The van der Waals surface area contributed by atoms with Crippen molar-refractivity contribution in [1.29, 1.82) is 0 Å². The third kappa shape index (κ3) is 1.75. The number of alkyl halides is 1. The van der Waals surface area contributed by atoms with Gasteiger partial charge >= 0.3 is 5.97 Å². The third-order valence-corrected chi connectivity index (χ3v) is 6.01. The highest BCUT2D eigenvalue weighted by molar-refractivity contribution is 14.1. The zero-order chi connectivity index (χ0) is 12.3. The van der Waals surface area contributed by atoms with E-state index in [1.165, 1.54) is 12.5 Å². The van der Waals surface area contributed by atoms with Crippen molar-refractivity contribution < 1.29 is 14.6 Å². The molecule has 4 rings (SSSR count). The molecule has 4 aliphatic rings. The van der Waals surface area contributed by atoms with Gasteiger partial charge in [0.25, 0.3) is 0 Å². The summed E-state index contributed by atoms with van der Waals surface area (Å²) in [6.45, 7) is 3.43. The molecule has 94 valence electrons. The fourth-order valence-corrected chi connectivity index (χ4v) is 6.32. The third-order valence-electron chi connectivity index (χ3n) is 4.57. The van der Waals surface area contributed by atoms with Crippen LogP contribution in [0.15, 0.2) is 12.7 Å². The standard InChI is InChI=1S/C13H17IO3/c1-2-10(15)17-11-12(14)4-8-3-9(5-12)7-13(11,16)6-8/h2,8-9,11,16H,1,3-7H2. The Morgan fingerprint density at radius 3 is 2.41 bits per heavy atom. The lowest BCUT2D eigenvalue weighted by Crippen LogP contribution is -2.67. The SMILES string of the molecule is C=CC(=O)OC1C2(O)CC3CC(C2)CC1(I)C3. The second kappa shape index (κ2) is 3.70. The van der Waals surface area contributed by atoms with Crippen LogP contribution in [0, 0.1) is 11.8 Å². The molecule has 0 spiro atoms. The molecule has 0 aromatic rings. The van der Waals surface area contributed by atoms with Crippen molar-refractivity contribution in [2.75, 3.05) is 0 Å². The van der Waals surface area contributed by atoms with Gasteiger partial charge in [-0.15, -0.1) is 0 Å². The number of carbonyl (C=O) groups excluding carboxylic acids is 1. The average Bonchev–Trinajstić information content (AvgIpc) is 2.21. The van der Waals surface area contributed by atoms with Crippen molar-refractivity contribution >= 4 is 28.6 Å². The monoisotopic (exact) mass is 348 g/mol. The summed E-state index contributed by atoms with van der Waals surface area (Å²) >= 11 is 2.42. The smallest absolute Gasteiger partial charge is 0.330 e. The highest BCUT2D eigenvalue weighted by atomic mass is 127. The Bertz CT molecular complexity index is 343. The van der Waals surface area contributed by atoms with E-state index in [0.717, 1.165) is 25.7 Å². The van der Waals surface area contributed by atoms with Crippen LogP contribution >= 0.6 is 22.6 Å². The fourth-order valence-electron chi connectivity index (χ4n) is 4.36. The Hall–Kier alpha value is -0.100. The lowest BCUT2D eigenvalue weighted by molar-refractivity contribution is -0.207. The number of esters is 1. The molecule has 0 saturated heterocycles. The zero-order valence-corrected chi connectivity index (χ0v) is 11.9. The van der Waals surface area contributed by atoms with E-state index in [4.69, 9.17) is 4.74 Å². The summed E-state index contributed by atoms with van der Waals surface area (Å²) in [7, 11) is 0. The number of halogens is 1. The van der Waals surface area contributed by atoms with Gasteiger partial charge in [0, 0.05) is 6.08 Å². The molecule has 0 amide bonds. The lowest BCUT2D eigenvalue weighted by atomic mass is 9.53. The minimum absolute atomic E-state index is 0.0603. The predicted octanol–water partition coefficient (Wildman–Crippen LogP) is 2.21. The normalized spacial score (nSPS) is 51.3. The van der Waals surface area contributed by atoms with Crippen LogP contribution in [0.1, 0.15) is 32.1 Å². The van der Waals surface area contributed by atoms with Gasteiger partial charge in [0.2, 0.25) is 0 Å². The number of ether oxygens (including phenoxy) is 1. The summed E-state index contributed by atoms with van der Waals surface area (Å²) in [5.74, 6) is 0.818. The van der Waals surface area contributed by atoms with E-state index in [9.17, 15) is 9.90 Å². The van der Waals surface area contributed by atoms with Gasteiger partial charge < -0.3 is 9.84 Å². The topological polar surface area (TPSA) is 46.5 Å². The summed E-state index contributed by atoms with van der Waals surface area (Å²) in [4.78, 5) is 11.4. The van der Waals surface area contributed by atoms with Gasteiger partial charge in [-0.05, 0) is 43.9 Å². The van der Waals surface area contributed by atoms with Crippen LogP contribution in [-0.2, 0) is 9.53 Å². The Morgan fingerprint density at radius 1 is 1.35 bits per heavy atom. The van der Waals surface area contributed by atoms with Crippen LogP contribution in [0.4, 0.5) is 0 Å². The fraction of sp³-hybridized carbons (Fsp3) is 0.769. The van der Waals surface area contributed by atoms with Crippen molar-refractivity contribution in [2.24, 2.45) is 11.8 Å². The van der Waals surface area contributed by atoms with E-state index < -0.39 is 11.6 Å². The van der Waals surface area contributed by atoms with Gasteiger partial charge in [0.1, 0.15) is 11.7 Å². The molecule has 4 bridgehead atoms. The molecule has 0 aliphatic heterocycles. The second-order valence-electron chi connectivity index (χ2n) is 5.94. The van der Waals surface area contributed by atoms with Crippen molar-refractivity contribution in [3.8, 4) is 0 Å². The van der Waals surface area contributed by atoms with E-state index in [1.807, 2.05) is 0 Å². The summed E-state index contributed by atoms with van der Waals surface area (Å²) in [5.41, 5.74) is -0.788. The molecule has 17 heavy (non-hydrogen) atoms.